The maximum absolute atomic E-state index is 12.6. The summed E-state index contributed by atoms with van der Waals surface area (Å²) in [6.07, 6.45) is 0. The molecule has 168 valence electrons. The van der Waals surface area contributed by atoms with E-state index in [2.05, 4.69) is 4.90 Å². The molecule has 1 aromatic carbocycles. The van der Waals surface area contributed by atoms with Crippen LogP contribution in [0.15, 0.2) is 28.5 Å². The number of ether oxygens (including phenoxy) is 3. The minimum absolute atomic E-state index is 0.00570. The maximum atomic E-state index is 12.6. The number of nitrogens with zero attached hydrogens (tertiary/aromatic N) is 3. The molecule has 1 fully saturated rings. The van der Waals surface area contributed by atoms with Crippen molar-refractivity contribution in [2.24, 2.45) is 0 Å². The van der Waals surface area contributed by atoms with Crippen LogP contribution in [0.25, 0.3) is 0 Å². The van der Waals surface area contributed by atoms with Crippen molar-refractivity contribution in [3.05, 3.63) is 39.3 Å². The fourth-order valence-corrected chi connectivity index (χ4v) is 5.28. The molecule has 0 radical (unpaired) electrons. The molecule has 0 spiro atoms. The molecule has 0 bridgehead atoms. The van der Waals surface area contributed by atoms with E-state index in [-0.39, 0.29) is 16.7 Å². The summed E-state index contributed by atoms with van der Waals surface area (Å²) in [6.45, 7) is 3.35. The van der Waals surface area contributed by atoms with Gasteiger partial charge in [0.15, 0.2) is 11.5 Å². The molecule has 1 saturated heterocycles. The lowest BCUT2D eigenvalue weighted by Gasteiger charge is -2.35. The highest BCUT2D eigenvalue weighted by Gasteiger charge is 2.24. The molecule has 0 saturated carbocycles. The van der Waals surface area contributed by atoms with Gasteiger partial charge < -0.3 is 19.1 Å². The minimum atomic E-state index is -0.404. The number of benzene rings is 1. The number of carbonyl (C=O) groups is 1. The van der Waals surface area contributed by atoms with Crippen LogP contribution in [0, 0.1) is 10.1 Å². The highest BCUT2D eigenvalue weighted by atomic mass is 32.2. The number of hydrogen-bond acceptors (Lipinski definition) is 9. The SMILES string of the molecule is COc1ccc(CN2CCN(C(=O)CSc3ccsc3[N+](=O)[O-])CC2)c(OC)c1OC. The van der Waals surface area contributed by atoms with Crippen LogP contribution >= 0.6 is 23.1 Å². The van der Waals surface area contributed by atoms with Crippen molar-refractivity contribution in [1.29, 1.82) is 0 Å². The zero-order valence-corrected chi connectivity index (χ0v) is 19.3. The molecule has 3 rings (SSSR count). The summed E-state index contributed by atoms with van der Waals surface area (Å²) < 4.78 is 16.3. The molecule has 2 heterocycles. The fourth-order valence-electron chi connectivity index (χ4n) is 3.45. The van der Waals surface area contributed by atoms with Gasteiger partial charge in [-0.3, -0.25) is 19.8 Å². The number of rotatable bonds is 9. The maximum Gasteiger partial charge on any atom is 0.337 e. The summed E-state index contributed by atoms with van der Waals surface area (Å²) in [5.41, 5.74) is 0.986. The number of methoxy groups -OCH3 is 3. The van der Waals surface area contributed by atoms with E-state index in [4.69, 9.17) is 14.2 Å². The molecule has 1 amide bonds. The lowest BCUT2D eigenvalue weighted by Crippen LogP contribution is -2.48. The third-order valence-corrected chi connectivity index (χ3v) is 7.06. The molecule has 11 heteroatoms. The van der Waals surface area contributed by atoms with Crippen LogP contribution in [-0.2, 0) is 11.3 Å². The summed E-state index contributed by atoms with van der Waals surface area (Å²) in [4.78, 5) is 27.8. The minimum Gasteiger partial charge on any atom is -0.493 e. The summed E-state index contributed by atoms with van der Waals surface area (Å²) in [5.74, 6) is 2.02. The predicted octanol–water partition coefficient (Wildman–Crippen LogP) is 3.12. The Morgan fingerprint density at radius 2 is 1.81 bits per heavy atom. The topological polar surface area (TPSA) is 94.4 Å². The van der Waals surface area contributed by atoms with Crippen molar-refractivity contribution in [1.82, 2.24) is 9.80 Å². The van der Waals surface area contributed by atoms with Crippen LogP contribution in [-0.4, -0.2) is 73.9 Å². The monoisotopic (exact) mass is 467 g/mol. The first-order valence-corrected chi connectivity index (χ1v) is 11.5. The van der Waals surface area contributed by atoms with Crippen molar-refractivity contribution >= 4 is 34.0 Å². The van der Waals surface area contributed by atoms with Crippen LogP contribution < -0.4 is 14.2 Å². The smallest absolute Gasteiger partial charge is 0.337 e. The van der Waals surface area contributed by atoms with Gasteiger partial charge in [0.05, 0.1) is 36.9 Å². The van der Waals surface area contributed by atoms with Crippen LogP contribution in [0.5, 0.6) is 17.2 Å². The van der Waals surface area contributed by atoms with Gasteiger partial charge >= 0.3 is 5.00 Å². The second-order valence-corrected chi connectivity index (χ2v) is 8.70. The number of thioether (sulfide) groups is 1. The first kappa shape index (κ1) is 23.2. The van der Waals surface area contributed by atoms with E-state index in [1.807, 2.05) is 17.0 Å². The van der Waals surface area contributed by atoms with Crippen molar-refractivity contribution in [3.63, 3.8) is 0 Å². The third kappa shape index (κ3) is 5.41. The number of piperazine rings is 1. The number of hydrogen-bond donors (Lipinski definition) is 0. The van der Waals surface area contributed by atoms with Crippen LogP contribution in [0.4, 0.5) is 5.00 Å². The molecule has 0 atom stereocenters. The van der Waals surface area contributed by atoms with E-state index >= 15 is 0 Å². The van der Waals surface area contributed by atoms with Crippen LogP contribution in [0.2, 0.25) is 0 Å². The zero-order valence-electron chi connectivity index (χ0n) is 17.7. The quantitative estimate of drug-likeness (QED) is 0.315. The number of carbonyl (C=O) groups excluding carboxylic acids is 1. The number of thiophene rings is 1. The standard InChI is InChI=1S/C20H25N3O6S2/c1-27-15-5-4-14(18(28-2)19(15)29-3)12-21-7-9-22(10-8-21)17(24)13-31-16-6-11-30-20(16)23(25)26/h4-6,11H,7-10,12-13H2,1-3H3. The average molecular weight is 468 g/mol. The number of amides is 1. The van der Waals surface area contributed by atoms with Gasteiger partial charge in [-0.25, -0.2) is 0 Å². The zero-order chi connectivity index (χ0) is 22.4. The van der Waals surface area contributed by atoms with Crippen molar-refractivity contribution in [2.75, 3.05) is 53.3 Å². The summed E-state index contributed by atoms with van der Waals surface area (Å²) >= 11 is 2.30. The molecular formula is C20H25N3O6S2. The van der Waals surface area contributed by atoms with Gasteiger partial charge in [0, 0.05) is 38.3 Å². The predicted molar refractivity (Wildman–Crippen MR) is 120 cm³/mol. The molecule has 31 heavy (non-hydrogen) atoms. The van der Waals surface area contributed by atoms with E-state index in [1.54, 1.807) is 32.8 Å². The van der Waals surface area contributed by atoms with Crippen LogP contribution in [0.3, 0.4) is 0 Å². The van der Waals surface area contributed by atoms with Gasteiger partial charge in [0.1, 0.15) is 0 Å². The summed E-state index contributed by atoms with van der Waals surface area (Å²) in [5, 5.41) is 12.8. The Morgan fingerprint density at radius 3 is 2.42 bits per heavy atom. The molecule has 9 nitrogen and oxygen atoms in total. The Balaban J connectivity index is 1.54. The third-order valence-electron chi connectivity index (χ3n) is 5.03. The lowest BCUT2D eigenvalue weighted by molar-refractivity contribution is -0.382. The average Bonchev–Trinajstić information content (AvgIpc) is 3.26. The van der Waals surface area contributed by atoms with E-state index in [1.165, 1.54) is 11.8 Å². The first-order chi connectivity index (χ1) is 15.0. The molecule has 1 aliphatic heterocycles. The molecule has 1 aromatic heterocycles. The molecular weight excluding hydrogens is 442 g/mol. The largest absolute Gasteiger partial charge is 0.493 e. The van der Waals surface area contributed by atoms with E-state index < -0.39 is 4.92 Å². The number of nitro groups is 1. The van der Waals surface area contributed by atoms with Gasteiger partial charge in [-0.2, -0.15) is 0 Å². The van der Waals surface area contributed by atoms with Gasteiger partial charge in [-0.15, -0.1) is 11.8 Å². The summed E-state index contributed by atoms with van der Waals surface area (Å²) in [6, 6.07) is 5.51. The van der Waals surface area contributed by atoms with Gasteiger partial charge in [-0.05, 0) is 17.5 Å². The van der Waals surface area contributed by atoms with Gasteiger partial charge in [0.25, 0.3) is 0 Å². The highest BCUT2D eigenvalue weighted by Crippen LogP contribution is 2.40. The van der Waals surface area contributed by atoms with Crippen molar-refractivity contribution in [2.45, 2.75) is 11.4 Å². The highest BCUT2D eigenvalue weighted by molar-refractivity contribution is 8.00. The van der Waals surface area contributed by atoms with Crippen LogP contribution in [0.1, 0.15) is 5.56 Å². The van der Waals surface area contributed by atoms with E-state index in [0.717, 1.165) is 30.0 Å². The van der Waals surface area contributed by atoms with E-state index in [0.29, 0.717) is 41.8 Å². The Morgan fingerprint density at radius 1 is 1.10 bits per heavy atom. The van der Waals surface area contributed by atoms with Gasteiger partial charge in [0.2, 0.25) is 11.7 Å². The Hall–Kier alpha value is -2.50. The Bertz CT molecular complexity index is 928. The first-order valence-electron chi connectivity index (χ1n) is 9.61. The Labute approximate surface area is 189 Å². The molecule has 0 N–H and O–H groups in total. The fraction of sp³-hybridized carbons (Fsp3) is 0.450. The second kappa shape index (κ2) is 10.7. The molecule has 1 aliphatic rings. The van der Waals surface area contributed by atoms with E-state index in [9.17, 15) is 14.9 Å². The summed E-state index contributed by atoms with van der Waals surface area (Å²) in [7, 11) is 4.77. The second-order valence-electron chi connectivity index (χ2n) is 6.79. The van der Waals surface area contributed by atoms with Crippen molar-refractivity contribution < 1.29 is 23.9 Å². The molecule has 0 aliphatic carbocycles. The lowest BCUT2D eigenvalue weighted by atomic mass is 10.1. The van der Waals surface area contributed by atoms with Crippen molar-refractivity contribution in [3.8, 4) is 17.2 Å². The normalized spacial score (nSPS) is 14.4. The Kier molecular flexibility index (Phi) is 7.99. The van der Waals surface area contributed by atoms with Gasteiger partial charge in [-0.1, -0.05) is 17.4 Å². The molecule has 0 unspecified atom stereocenters. The molecule has 2 aromatic rings.